The molecule has 23 N–H and O–H groups in total. The zero-order chi connectivity index (χ0) is 82.1. The third-order valence-corrected chi connectivity index (χ3v) is 20.8. The maximum Gasteiger partial charge on any atom is 0.248 e. The van der Waals surface area contributed by atoms with Gasteiger partial charge in [-0.15, -0.1) is 6.58 Å². The largest absolute Gasteiger partial charge is 0.508 e. The number of fused-ring (bicyclic) bond motifs is 15. The summed E-state index contributed by atoms with van der Waals surface area (Å²) in [5.74, 6) is -14.2. The van der Waals surface area contributed by atoms with Crippen molar-refractivity contribution in [1.82, 2.24) is 42.5 Å². The molecular weight excluding hydrogens is 1500 g/mol. The lowest BCUT2D eigenvalue weighted by atomic mass is 9.86. The Morgan fingerprint density at radius 1 is 0.699 bits per heavy atom. The maximum absolute atomic E-state index is 16.4. The molecule has 37 heteroatoms. The van der Waals surface area contributed by atoms with E-state index in [9.17, 15) is 60.3 Å². The standard InChI is InChI=1S/C76H94ClN11O25/c1-9-18-82-69(101)56-40-24-37(90)25-45(92)53(40)39-20-34(12-16-44(39)91)54-70(102)88-58(73(105)86-56)62(111-51-27-75(6,79)65(97)31(4)106-51)33-10-14-38(15-11-33)108-47-22-36-23-48(63(47)113-74-64(61(96)60(95)49(29-89)110-74)112-52-28-76(7,80)66(98)32(5)107-52)109-46-17-13-35(21-41(46)77)59(94)57(87-67(99)42(81-8)19-30(2)3)72(104)83-43(26-50(78)93)68(100)84-55(36)71(103)85-54/h9-17,20-25,30-32,42-43,49,51-52,54-62,64-66,74,81,89-92,94-98H,1,18-19,26-29,79-80H2,2-8H3,(H2,78,93)(H,82,101)(H,83,104)(H,84,100)(H,85,103)(H,86,105)(H,87,99)(H,88,102)/t31-,32-,42+,43-,49+,51-,52-,54+,55+,56-,57+,58-,59+,60+,61-,62+,64+,65-,66-,74-,75-,76-/m0/s1. The molecule has 113 heavy (non-hydrogen) atoms. The van der Waals surface area contributed by atoms with Crippen LogP contribution in [0, 0.1) is 5.92 Å². The first-order valence-electron chi connectivity index (χ1n) is 36.4. The number of rotatable bonds is 17. The highest BCUT2D eigenvalue weighted by molar-refractivity contribution is 6.32. The summed E-state index contributed by atoms with van der Waals surface area (Å²) in [6, 6.07) is 2.52. The van der Waals surface area contributed by atoms with Gasteiger partial charge in [0.05, 0.1) is 48.5 Å². The fraction of sp³-hybridized carbons (Fsp3) is 0.474. The molecular formula is C76H94ClN11O25. The van der Waals surface area contributed by atoms with Crippen LogP contribution in [0.3, 0.4) is 0 Å². The number of phenols is 3. The molecule has 0 saturated carbocycles. The third-order valence-electron chi connectivity index (χ3n) is 20.5. The number of aliphatic hydroxyl groups excluding tert-OH is 6. The Morgan fingerprint density at radius 2 is 1.31 bits per heavy atom. The molecule has 610 valence electrons. The number of nitrogens with two attached hydrogens (primary N) is 3. The summed E-state index contributed by atoms with van der Waals surface area (Å²) in [5, 5.41) is 125. The van der Waals surface area contributed by atoms with Crippen molar-refractivity contribution in [3.05, 3.63) is 130 Å². The number of aliphatic hydroxyl groups is 6. The highest BCUT2D eigenvalue weighted by Gasteiger charge is 2.52. The van der Waals surface area contributed by atoms with Gasteiger partial charge in [0.2, 0.25) is 59.3 Å². The van der Waals surface area contributed by atoms with Crippen molar-refractivity contribution in [3.8, 4) is 57.1 Å². The van der Waals surface area contributed by atoms with Gasteiger partial charge in [-0.2, -0.15) is 0 Å². The second-order valence-corrected chi connectivity index (χ2v) is 30.2. The SMILES string of the molecule is C=CCNC(=O)[C@H]1NC(=O)[C@H]2NC(=O)[C@H](NC(=O)[C@@H]3NC(=O)[C@H](CC(N)=O)NC(=O)[C@H](NC(=O)[C@@H](CC(C)C)NC)[C@H](O)c4ccc(c(Cl)c4)Oc4cc3cc(c4O[C@@H]3O[C@H](CO)[C@@H](O)[C@H](O)[C@H]3O[C@H]3C[C@](C)(N)[C@@H](O)[C@H](C)O3)Oc3ccc(cc3)[C@H]2O[C@H]2C[C@](C)(N)[C@@H](O)[C@H](C)O2)c2ccc(O)c(c2)-c2c(O)cc(O)cc21. The van der Waals surface area contributed by atoms with Gasteiger partial charge >= 0.3 is 0 Å². The normalized spacial score (nSPS) is 31.6. The Balaban J connectivity index is 1.19. The lowest BCUT2D eigenvalue weighted by Crippen LogP contribution is -2.64. The van der Waals surface area contributed by atoms with E-state index in [1.165, 1.54) is 77.2 Å². The van der Waals surface area contributed by atoms with E-state index in [0.717, 1.165) is 48.5 Å². The van der Waals surface area contributed by atoms with Gasteiger partial charge in [0, 0.05) is 47.7 Å². The van der Waals surface area contributed by atoms with Crippen molar-refractivity contribution in [2.24, 2.45) is 23.1 Å². The number of phenolic OH excluding ortho intramolecular Hbond substituents is 3. The molecule has 0 aromatic heterocycles. The van der Waals surface area contributed by atoms with E-state index >= 15 is 24.0 Å². The number of carbonyl (C=O) groups is 8. The minimum atomic E-state index is -2.33. The third kappa shape index (κ3) is 18.4. The second kappa shape index (κ2) is 34.4. The Bertz CT molecular complexity index is 4440. The van der Waals surface area contributed by atoms with Crippen LogP contribution in [0.25, 0.3) is 11.1 Å². The predicted octanol–water partition coefficient (Wildman–Crippen LogP) is -0.0921. The van der Waals surface area contributed by atoms with Gasteiger partial charge in [-0.05, 0) is 129 Å². The van der Waals surface area contributed by atoms with Crippen LogP contribution >= 0.6 is 11.6 Å². The number of nitrogens with one attached hydrogen (secondary N) is 8. The molecule has 3 fully saturated rings. The molecule has 5 aromatic rings. The molecule has 0 spiro atoms. The maximum atomic E-state index is 16.4. The van der Waals surface area contributed by atoms with Crippen molar-refractivity contribution in [2.45, 2.75) is 201 Å². The van der Waals surface area contributed by atoms with Crippen molar-refractivity contribution in [3.63, 3.8) is 0 Å². The van der Waals surface area contributed by atoms with Crippen LogP contribution in [0.4, 0.5) is 0 Å². The molecule has 5 aromatic carbocycles. The van der Waals surface area contributed by atoms with Crippen LogP contribution in [0.15, 0.2) is 97.6 Å². The van der Waals surface area contributed by atoms with E-state index in [1.54, 1.807) is 0 Å². The van der Waals surface area contributed by atoms with E-state index in [4.69, 9.17) is 66.7 Å². The lowest BCUT2D eigenvalue weighted by Gasteiger charge is -2.47. The molecule has 0 unspecified atom stereocenters. The van der Waals surface area contributed by atoms with Crippen molar-refractivity contribution < 1.29 is 122 Å². The topological polar surface area (TPSA) is 567 Å². The first-order chi connectivity index (χ1) is 53.4. The van der Waals surface area contributed by atoms with Gasteiger partial charge in [0.1, 0.15) is 95.5 Å². The number of primary amides is 1. The molecule has 13 rings (SSSR count). The van der Waals surface area contributed by atoms with E-state index in [0.29, 0.717) is 0 Å². The number of benzene rings is 5. The van der Waals surface area contributed by atoms with Crippen LogP contribution < -0.4 is 73.9 Å². The molecule has 0 aliphatic carbocycles. The zero-order valence-corrected chi connectivity index (χ0v) is 63.2. The summed E-state index contributed by atoms with van der Waals surface area (Å²) in [5.41, 5.74) is 14.2. The summed E-state index contributed by atoms with van der Waals surface area (Å²) in [4.78, 5) is 121. The monoisotopic (exact) mass is 1600 g/mol. The highest BCUT2D eigenvalue weighted by Crippen LogP contribution is 2.50. The molecule has 11 bridgehead atoms. The first-order valence-corrected chi connectivity index (χ1v) is 36.8. The lowest BCUT2D eigenvalue weighted by molar-refractivity contribution is -0.333. The van der Waals surface area contributed by atoms with Crippen molar-refractivity contribution >= 4 is 58.9 Å². The van der Waals surface area contributed by atoms with Crippen LogP contribution in [-0.2, 0) is 62.0 Å². The number of amides is 8. The Kier molecular flexibility index (Phi) is 25.6. The molecule has 36 nitrogen and oxygen atoms in total. The number of hydrogen-bond donors (Lipinski definition) is 20. The van der Waals surface area contributed by atoms with E-state index in [2.05, 4.69) is 49.1 Å². The van der Waals surface area contributed by atoms with Crippen molar-refractivity contribution in [1.29, 1.82) is 0 Å². The molecule has 8 aliphatic heterocycles. The van der Waals surface area contributed by atoms with Gasteiger partial charge in [-0.3, -0.25) is 38.4 Å². The molecule has 8 heterocycles. The summed E-state index contributed by atoms with van der Waals surface area (Å²) in [7, 11) is 1.48. The number of aromatic hydroxyl groups is 3. The van der Waals surface area contributed by atoms with E-state index in [-0.39, 0.29) is 76.1 Å². The average molecular weight is 1600 g/mol. The predicted molar refractivity (Wildman–Crippen MR) is 396 cm³/mol. The average Bonchev–Trinajstić information content (AvgIpc) is 0.765. The van der Waals surface area contributed by atoms with Crippen molar-refractivity contribution in [2.75, 3.05) is 20.2 Å². The van der Waals surface area contributed by atoms with E-state index in [1.807, 2.05) is 13.8 Å². The minimum absolute atomic E-state index is 0.000425. The number of likely N-dealkylation sites (N-methyl/N-ethyl adjacent to an activating group) is 1. The fourth-order valence-electron chi connectivity index (χ4n) is 14.5. The smallest absolute Gasteiger partial charge is 0.248 e. The number of carbonyl (C=O) groups excluding carboxylic acids is 8. The van der Waals surface area contributed by atoms with Gasteiger partial charge in [-0.1, -0.05) is 55.8 Å². The zero-order valence-electron chi connectivity index (χ0n) is 62.4. The van der Waals surface area contributed by atoms with Crippen LogP contribution in [0.1, 0.15) is 125 Å². The van der Waals surface area contributed by atoms with Gasteiger partial charge < -0.3 is 144 Å². The van der Waals surface area contributed by atoms with Crippen LogP contribution in [0.2, 0.25) is 5.02 Å². The number of hydrogen-bond acceptors (Lipinski definition) is 28. The van der Waals surface area contributed by atoms with Gasteiger partial charge in [0.25, 0.3) is 0 Å². The van der Waals surface area contributed by atoms with E-state index < -0.39 is 239 Å². The summed E-state index contributed by atoms with van der Waals surface area (Å²) in [6.45, 7) is 12.2. The summed E-state index contributed by atoms with van der Waals surface area (Å²) >= 11 is 7.15. The first kappa shape index (κ1) is 84.0. The second-order valence-electron chi connectivity index (χ2n) is 29.8. The molecule has 3 saturated heterocycles. The molecule has 0 radical (unpaired) electrons. The molecule has 22 atom stereocenters. The van der Waals surface area contributed by atoms with Crippen LogP contribution in [0.5, 0.6) is 46.0 Å². The molecule has 8 amide bonds. The quantitative estimate of drug-likeness (QED) is 0.0541. The van der Waals surface area contributed by atoms with Crippen LogP contribution in [-0.4, -0.2) is 216 Å². The Hall–Kier alpha value is -9.87. The number of halogens is 1. The number of ether oxygens (including phenoxy) is 8. The van der Waals surface area contributed by atoms with Gasteiger partial charge in [-0.25, -0.2) is 0 Å². The summed E-state index contributed by atoms with van der Waals surface area (Å²) in [6.07, 6.45) is -20.9. The fourth-order valence-corrected chi connectivity index (χ4v) is 14.7. The molecule has 8 aliphatic rings. The minimum Gasteiger partial charge on any atom is -0.508 e. The van der Waals surface area contributed by atoms with Gasteiger partial charge in [0.15, 0.2) is 30.2 Å². The Labute approximate surface area is 652 Å². The summed E-state index contributed by atoms with van der Waals surface area (Å²) < 4.78 is 52.0. The Morgan fingerprint density at radius 3 is 1.92 bits per heavy atom. The highest BCUT2D eigenvalue weighted by atomic mass is 35.5.